The van der Waals surface area contributed by atoms with E-state index in [1.165, 1.54) is 54.4 Å². The van der Waals surface area contributed by atoms with Crippen LogP contribution in [0.3, 0.4) is 0 Å². The Morgan fingerprint density at radius 1 is 1.26 bits per heavy atom. The number of carbonyl (C=O) groups is 1. The third-order valence-electron chi connectivity index (χ3n) is 4.92. The van der Waals surface area contributed by atoms with Crippen LogP contribution >= 0.6 is 23.4 Å². The molecule has 0 fully saturated rings. The van der Waals surface area contributed by atoms with E-state index in [0.29, 0.717) is 34.6 Å². The Morgan fingerprint density at radius 2 is 2.03 bits per heavy atom. The third kappa shape index (κ3) is 8.68. The maximum Gasteiger partial charge on any atom is 0.437 e. The van der Waals surface area contributed by atoms with Crippen molar-refractivity contribution in [2.75, 3.05) is 18.6 Å². The zero-order valence-corrected chi connectivity index (χ0v) is 22.3. The van der Waals surface area contributed by atoms with Crippen molar-refractivity contribution in [1.82, 2.24) is 9.97 Å². The van der Waals surface area contributed by atoms with E-state index in [1.807, 2.05) is 0 Å². The fourth-order valence-electron chi connectivity index (χ4n) is 3.41. The maximum absolute atomic E-state index is 14.3. The third-order valence-corrected chi connectivity index (χ3v) is 7.81. The smallest absolute Gasteiger partial charge is 0.437 e. The van der Waals surface area contributed by atoms with E-state index in [0.717, 1.165) is 6.20 Å². The number of non-ortho nitro benzene ring substituents is 1. The number of nitro benzene ring substituents is 1. The van der Waals surface area contributed by atoms with Crippen molar-refractivity contribution in [3.05, 3.63) is 75.2 Å². The molecule has 0 aliphatic rings. The number of amides is 1. The average Bonchev–Trinajstić information content (AvgIpc) is 2.81. The topological polar surface area (TPSA) is 148 Å². The molecule has 2 N–H and O–H groups in total. The van der Waals surface area contributed by atoms with Gasteiger partial charge in [-0.2, -0.15) is 4.36 Å². The van der Waals surface area contributed by atoms with Gasteiger partial charge in [0.05, 0.1) is 23.8 Å². The first-order chi connectivity index (χ1) is 17.9. The number of ether oxygens (including phenoxy) is 1. The van der Waals surface area contributed by atoms with Crippen molar-refractivity contribution < 1.29 is 32.9 Å². The van der Waals surface area contributed by atoms with Gasteiger partial charge in [-0.05, 0) is 66.3 Å². The zero-order chi connectivity index (χ0) is 27.9. The first-order valence-corrected chi connectivity index (χ1v) is 14.7. The summed E-state index contributed by atoms with van der Waals surface area (Å²) >= 11 is 7.09. The molecule has 0 bridgehead atoms. The van der Waals surface area contributed by atoms with Crippen molar-refractivity contribution in [2.45, 2.75) is 23.5 Å². The minimum Gasteiger partial charge on any atom is -0.493 e. The molecule has 3 aromatic rings. The van der Waals surface area contributed by atoms with E-state index >= 15 is 0 Å². The molecule has 1 amide bonds. The molecule has 0 saturated heterocycles. The number of nitrogens with zero attached hydrogens (tertiary/aromatic N) is 4. The van der Waals surface area contributed by atoms with Crippen LogP contribution in [0.5, 0.6) is 5.75 Å². The van der Waals surface area contributed by atoms with E-state index in [-0.39, 0.29) is 34.8 Å². The van der Waals surface area contributed by atoms with Crippen LogP contribution < -0.4 is 4.74 Å². The van der Waals surface area contributed by atoms with Crippen LogP contribution in [0.4, 0.5) is 19.3 Å². The fourth-order valence-corrected chi connectivity index (χ4v) is 5.94. The van der Waals surface area contributed by atoms with Gasteiger partial charge in [0.1, 0.15) is 17.3 Å². The summed E-state index contributed by atoms with van der Waals surface area (Å²) in [6, 6.07) is 7.87. The Morgan fingerprint density at radius 3 is 2.74 bits per heavy atom. The number of benzene rings is 2. The van der Waals surface area contributed by atoms with Gasteiger partial charge < -0.3 is 14.4 Å². The highest BCUT2D eigenvalue weighted by atomic mass is 35.5. The zero-order valence-electron chi connectivity index (χ0n) is 19.9. The number of rotatable bonds is 11. The van der Waals surface area contributed by atoms with Gasteiger partial charge in [0, 0.05) is 22.3 Å². The number of thioether (sulfide) groups is 1. The van der Waals surface area contributed by atoms with Crippen molar-refractivity contribution >= 4 is 45.2 Å². The number of hydrogen-bond donors (Lipinski definition) is 3. The van der Waals surface area contributed by atoms with Gasteiger partial charge >= 0.3 is 6.09 Å². The first kappa shape index (κ1) is 29.4. The second kappa shape index (κ2) is 13.0. The summed E-state index contributed by atoms with van der Waals surface area (Å²) in [4.78, 5) is 29.5. The van der Waals surface area contributed by atoms with Crippen LogP contribution in [0.25, 0.3) is 11.3 Å². The van der Waals surface area contributed by atoms with E-state index < -0.39 is 32.8 Å². The van der Waals surface area contributed by atoms with Gasteiger partial charge in [0.25, 0.3) is 5.69 Å². The van der Waals surface area contributed by atoms with Crippen molar-refractivity contribution in [3.63, 3.8) is 0 Å². The Kier molecular flexibility index (Phi) is 10.1. The molecule has 204 valence electrons. The molecule has 0 saturated carbocycles. The molecular formula is C23H23ClF2N4O6S2. The van der Waals surface area contributed by atoms with E-state index in [1.54, 1.807) is 0 Å². The second-order valence-corrected chi connectivity index (χ2v) is 12.3. The van der Waals surface area contributed by atoms with Crippen LogP contribution in [0.15, 0.2) is 51.9 Å². The second-order valence-electron chi connectivity index (χ2n) is 8.10. The van der Waals surface area contributed by atoms with Crippen LogP contribution in [0, 0.1) is 21.7 Å². The van der Waals surface area contributed by atoms with Crippen LogP contribution in [0.2, 0.25) is 5.28 Å². The summed E-state index contributed by atoms with van der Waals surface area (Å²) in [7, 11) is -3.22. The number of thiol groups is 1. The Balaban J connectivity index is 1.61. The van der Waals surface area contributed by atoms with E-state index in [4.69, 9.17) is 21.4 Å². The van der Waals surface area contributed by atoms with Crippen LogP contribution in [-0.4, -0.2) is 49.3 Å². The first-order valence-electron chi connectivity index (χ1n) is 11.0. The molecule has 1 aromatic heterocycles. The van der Waals surface area contributed by atoms with Crippen molar-refractivity contribution in [1.29, 1.82) is 0 Å². The molecular weight excluding hydrogens is 566 g/mol. The molecule has 3 rings (SSSR count). The van der Waals surface area contributed by atoms with Gasteiger partial charge in [-0.25, -0.2) is 23.5 Å². The minimum atomic E-state index is -3.22. The Hall–Kier alpha value is -3.20. The van der Waals surface area contributed by atoms with Crippen LogP contribution in [0.1, 0.15) is 18.4 Å². The molecule has 0 aliphatic heterocycles. The van der Waals surface area contributed by atoms with Gasteiger partial charge in [0.2, 0.25) is 5.28 Å². The molecule has 0 unspecified atom stereocenters. The van der Waals surface area contributed by atoms with Gasteiger partial charge in [-0.3, -0.25) is 10.1 Å². The highest BCUT2D eigenvalue weighted by Gasteiger charge is 2.16. The predicted octanol–water partition coefficient (Wildman–Crippen LogP) is 6.29. The summed E-state index contributed by atoms with van der Waals surface area (Å²) in [5.74, 6) is -0.611. The SMILES string of the molecule is C[SH](O)(Cc1cc(OCCCCSc2cc(F)ccc2-c2nc(Cl)ncc2F)cc([N+](=O)[O-])c1)=NC(=O)O. The number of aromatic nitrogens is 2. The summed E-state index contributed by atoms with van der Waals surface area (Å²) in [6.07, 6.45) is 1.88. The van der Waals surface area contributed by atoms with Crippen molar-refractivity contribution in [3.8, 4) is 17.0 Å². The largest absolute Gasteiger partial charge is 0.493 e. The maximum atomic E-state index is 14.3. The van der Waals surface area contributed by atoms with E-state index in [9.17, 15) is 28.2 Å². The molecule has 2 aromatic carbocycles. The molecule has 15 heteroatoms. The standard InChI is InChI=1S/C23H23ClF2N4O6S2/c1-38(35,29-23(31)32)13-14-8-16(30(33)34)11-17(9-14)36-6-2-3-7-37-20-10-15(25)4-5-18(20)21-19(26)12-27-22(24)28-21/h4-5,8-12,38H,2-3,6-7,13H2,1H3,(H,29,35)(H,31,32). The van der Waals surface area contributed by atoms with E-state index in [2.05, 4.69) is 14.3 Å². The fraction of sp³-hybridized carbons (Fsp3) is 0.261. The quantitative estimate of drug-likeness (QED) is 0.0587. The highest BCUT2D eigenvalue weighted by molar-refractivity contribution is 7.99. The Labute approximate surface area is 226 Å². The number of carboxylic acid groups (broad SMARTS) is 1. The lowest BCUT2D eigenvalue weighted by molar-refractivity contribution is -0.385. The number of nitro groups is 1. The molecule has 10 nitrogen and oxygen atoms in total. The molecule has 1 heterocycles. The predicted molar refractivity (Wildman–Crippen MR) is 142 cm³/mol. The molecule has 0 radical (unpaired) electrons. The highest BCUT2D eigenvalue weighted by Crippen LogP contribution is 2.33. The van der Waals surface area contributed by atoms with Gasteiger partial charge in [0.15, 0.2) is 5.82 Å². The summed E-state index contributed by atoms with van der Waals surface area (Å²) in [5.41, 5.74) is 0.407. The monoisotopic (exact) mass is 588 g/mol. The minimum absolute atomic E-state index is 0.0325. The van der Waals surface area contributed by atoms with Crippen molar-refractivity contribution in [2.24, 2.45) is 4.36 Å². The van der Waals surface area contributed by atoms with Gasteiger partial charge in [-0.1, -0.05) is 10.1 Å². The molecule has 38 heavy (non-hydrogen) atoms. The molecule has 0 spiro atoms. The normalized spacial score (nSPS) is 11.7. The van der Waals surface area contributed by atoms with Gasteiger partial charge in [-0.15, -0.1) is 11.8 Å². The number of hydrogen-bond acceptors (Lipinski definition) is 7. The average molecular weight is 589 g/mol. The Bertz CT molecular complexity index is 1410. The summed E-state index contributed by atoms with van der Waals surface area (Å²) in [6.45, 7) is 0.207. The molecule has 0 aliphatic carbocycles. The summed E-state index contributed by atoms with van der Waals surface area (Å²) < 4.78 is 47.3. The molecule has 0 atom stereocenters. The van der Waals surface area contributed by atoms with Crippen LogP contribution in [-0.2, 0) is 15.9 Å². The summed E-state index contributed by atoms with van der Waals surface area (Å²) in [5, 5.41) is 20.0. The lowest BCUT2D eigenvalue weighted by atomic mass is 10.1. The number of halogens is 3. The number of unbranched alkanes of at least 4 members (excludes halogenated alkanes) is 1. The lowest BCUT2D eigenvalue weighted by Gasteiger charge is -2.17. The lowest BCUT2D eigenvalue weighted by Crippen LogP contribution is -2.13.